The molecule has 1 N–H and O–H groups in total. The van der Waals surface area contributed by atoms with E-state index in [9.17, 15) is 18.0 Å². The molecule has 0 fully saturated rings. The van der Waals surface area contributed by atoms with Crippen LogP contribution in [-0.4, -0.2) is 19.0 Å². The topological polar surface area (TPSA) is 29.1 Å². The van der Waals surface area contributed by atoms with Gasteiger partial charge in [0.15, 0.2) is 5.78 Å². The molecule has 0 aromatic carbocycles. The van der Waals surface area contributed by atoms with Gasteiger partial charge in [0.1, 0.15) is 0 Å². The van der Waals surface area contributed by atoms with Gasteiger partial charge >= 0.3 is 6.18 Å². The molecular formula is C8H8F3NO. The first-order valence-electron chi connectivity index (χ1n) is 3.64. The highest BCUT2D eigenvalue weighted by Gasteiger charge is 2.36. The number of hydrogen-bond donors (Lipinski definition) is 1. The molecule has 1 rings (SSSR count). The van der Waals surface area contributed by atoms with Crippen molar-refractivity contribution >= 4 is 5.78 Å². The second-order valence-electron chi connectivity index (χ2n) is 2.62. The van der Waals surface area contributed by atoms with Crippen molar-refractivity contribution in [2.24, 2.45) is 0 Å². The van der Waals surface area contributed by atoms with Gasteiger partial charge in [-0.2, -0.15) is 13.2 Å². The minimum Gasteiger partial charge on any atom is -0.385 e. The quantitative estimate of drug-likeness (QED) is 0.681. The second-order valence-corrected chi connectivity index (χ2v) is 2.62. The van der Waals surface area contributed by atoms with Crippen molar-refractivity contribution in [3.8, 4) is 0 Å². The van der Waals surface area contributed by atoms with Gasteiger partial charge in [-0.1, -0.05) is 6.08 Å². The van der Waals surface area contributed by atoms with Crippen molar-refractivity contribution < 1.29 is 18.0 Å². The molecule has 0 saturated carbocycles. The second kappa shape index (κ2) is 3.24. The lowest BCUT2D eigenvalue weighted by molar-refractivity contribution is -0.120. The van der Waals surface area contributed by atoms with Crippen LogP contribution in [0.5, 0.6) is 0 Å². The first-order chi connectivity index (χ1) is 5.95. The number of hydrogen-bond acceptors (Lipinski definition) is 2. The molecule has 5 heteroatoms. The zero-order valence-electron chi connectivity index (χ0n) is 6.90. The van der Waals surface area contributed by atoms with Crippen LogP contribution in [0, 0.1) is 0 Å². The molecular weight excluding hydrogens is 183 g/mol. The third-order valence-corrected chi connectivity index (χ3v) is 1.74. The SMILES string of the molecule is CNC1=CC=C(C(F)(F)F)CC1=O. The number of alkyl halides is 3. The summed E-state index contributed by atoms with van der Waals surface area (Å²) in [5.74, 6) is -0.530. The molecule has 0 atom stereocenters. The number of Topliss-reactive ketones (excluding diaryl/α,β-unsaturated/α-hetero) is 1. The van der Waals surface area contributed by atoms with E-state index in [0.717, 1.165) is 12.2 Å². The van der Waals surface area contributed by atoms with Crippen LogP contribution in [0.25, 0.3) is 0 Å². The van der Waals surface area contributed by atoms with Crippen molar-refractivity contribution in [3.63, 3.8) is 0 Å². The van der Waals surface area contributed by atoms with Crippen LogP contribution in [0.3, 0.4) is 0 Å². The number of carbonyl (C=O) groups excluding carboxylic acids is 1. The predicted molar refractivity (Wildman–Crippen MR) is 40.9 cm³/mol. The van der Waals surface area contributed by atoms with Crippen LogP contribution >= 0.6 is 0 Å². The Bertz CT molecular complexity index is 288. The van der Waals surface area contributed by atoms with Crippen molar-refractivity contribution in [1.29, 1.82) is 0 Å². The molecule has 1 aliphatic carbocycles. The molecule has 0 saturated heterocycles. The predicted octanol–water partition coefficient (Wildman–Crippen LogP) is 1.55. The van der Waals surface area contributed by atoms with Crippen molar-refractivity contribution in [3.05, 3.63) is 23.4 Å². The normalized spacial score (nSPS) is 18.0. The Balaban J connectivity index is 2.91. The Hall–Kier alpha value is -1.26. The monoisotopic (exact) mass is 191 g/mol. The maximum absolute atomic E-state index is 12.1. The maximum Gasteiger partial charge on any atom is 0.413 e. The van der Waals surface area contributed by atoms with E-state index in [0.29, 0.717) is 0 Å². The Kier molecular flexibility index (Phi) is 2.45. The van der Waals surface area contributed by atoms with Crippen molar-refractivity contribution in [2.75, 3.05) is 7.05 Å². The van der Waals surface area contributed by atoms with Gasteiger partial charge < -0.3 is 5.32 Å². The molecule has 0 bridgehead atoms. The number of likely N-dealkylation sites (N-methyl/N-ethyl adjacent to an activating group) is 1. The zero-order chi connectivity index (χ0) is 10.1. The van der Waals surface area contributed by atoms with E-state index < -0.39 is 24.0 Å². The molecule has 0 aromatic rings. The Labute approximate surface area is 73.1 Å². The van der Waals surface area contributed by atoms with E-state index in [1.807, 2.05) is 0 Å². The van der Waals surface area contributed by atoms with E-state index in [-0.39, 0.29) is 5.70 Å². The van der Waals surface area contributed by atoms with Gasteiger partial charge in [0.05, 0.1) is 5.70 Å². The van der Waals surface area contributed by atoms with E-state index in [1.165, 1.54) is 7.05 Å². The Morgan fingerprint density at radius 2 is 2.00 bits per heavy atom. The summed E-state index contributed by atoms with van der Waals surface area (Å²) in [7, 11) is 1.50. The number of nitrogens with one attached hydrogen (secondary N) is 1. The summed E-state index contributed by atoms with van der Waals surface area (Å²) in [6.07, 6.45) is -2.90. The van der Waals surface area contributed by atoms with Gasteiger partial charge in [-0.25, -0.2) is 0 Å². The summed E-state index contributed by atoms with van der Waals surface area (Å²) in [4.78, 5) is 11.0. The molecule has 0 heterocycles. The number of ketones is 1. The highest BCUT2D eigenvalue weighted by atomic mass is 19.4. The summed E-state index contributed by atoms with van der Waals surface area (Å²) in [5.41, 5.74) is -0.579. The Morgan fingerprint density at radius 3 is 2.38 bits per heavy atom. The fraction of sp³-hybridized carbons (Fsp3) is 0.375. The van der Waals surface area contributed by atoms with Gasteiger partial charge in [-0.15, -0.1) is 0 Å². The van der Waals surface area contributed by atoms with Crippen LogP contribution < -0.4 is 5.32 Å². The van der Waals surface area contributed by atoms with Crippen LogP contribution in [-0.2, 0) is 4.79 Å². The lowest BCUT2D eigenvalue weighted by Gasteiger charge is -2.15. The number of halogens is 3. The van der Waals surface area contributed by atoms with E-state index in [2.05, 4.69) is 5.32 Å². The largest absolute Gasteiger partial charge is 0.413 e. The van der Waals surface area contributed by atoms with Crippen LogP contribution in [0.1, 0.15) is 6.42 Å². The molecule has 0 unspecified atom stereocenters. The molecule has 1 aliphatic rings. The number of rotatable bonds is 1. The third kappa shape index (κ3) is 2.11. The minimum absolute atomic E-state index is 0.216. The summed E-state index contributed by atoms with van der Waals surface area (Å²) >= 11 is 0. The summed E-state index contributed by atoms with van der Waals surface area (Å²) in [5, 5.41) is 2.53. The molecule has 72 valence electrons. The molecule has 0 radical (unpaired) electrons. The van der Waals surface area contributed by atoms with Crippen molar-refractivity contribution in [2.45, 2.75) is 12.6 Å². The van der Waals surface area contributed by atoms with Gasteiger partial charge in [-0.3, -0.25) is 4.79 Å². The molecule has 0 aromatic heterocycles. The smallest absolute Gasteiger partial charge is 0.385 e. The van der Waals surface area contributed by atoms with Crippen molar-refractivity contribution in [1.82, 2.24) is 5.32 Å². The van der Waals surface area contributed by atoms with Gasteiger partial charge in [0.25, 0.3) is 0 Å². The average Bonchev–Trinajstić information content (AvgIpc) is 2.02. The Morgan fingerprint density at radius 1 is 1.38 bits per heavy atom. The molecule has 0 amide bonds. The van der Waals surface area contributed by atoms with E-state index in [4.69, 9.17) is 0 Å². The highest BCUT2D eigenvalue weighted by Crippen LogP contribution is 2.30. The van der Waals surface area contributed by atoms with Gasteiger partial charge in [-0.05, 0) is 6.08 Å². The summed E-state index contributed by atoms with van der Waals surface area (Å²) in [6, 6.07) is 0. The van der Waals surface area contributed by atoms with Crippen LogP contribution in [0.4, 0.5) is 13.2 Å². The van der Waals surface area contributed by atoms with E-state index in [1.54, 1.807) is 0 Å². The van der Waals surface area contributed by atoms with Gasteiger partial charge in [0.2, 0.25) is 0 Å². The standard InChI is InChI=1S/C8H8F3NO/c1-12-6-3-2-5(4-7(6)13)8(9,10)11/h2-3,12H,4H2,1H3. The summed E-state index contributed by atoms with van der Waals surface area (Å²) < 4.78 is 36.2. The minimum atomic E-state index is -4.40. The molecule has 0 aliphatic heterocycles. The third-order valence-electron chi connectivity index (χ3n) is 1.74. The summed E-state index contributed by atoms with van der Waals surface area (Å²) in [6.45, 7) is 0. The first-order valence-corrected chi connectivity index (χ1v) is 3.64. The molecule has 0 spiro atoms. The fourth-order valence-corrected chi connectivity index (χ4v) is 1.02. The first kappa shape index (κ1) is 9.83. The molecule has 13 heavy (non-hydrogen) atoms. The van der Waals surface area contributed by atoms with Crippen LogP contribution in [0.15, 0.2) is 23.4 Å². The lowest BCUT2D eigenvalue weighted by atomic mass is 10.0. The highest BCUT2D eigenvalue weighted by molar-refractivity contribution is 5.97. The van der Waals surface area contributed by atoms with Crippen LogP contribution in [0.2, 0.25) is 0 Å². The fourth-order valence-electron chi connectivity index (χ4n) is 1.02. The maximum atomic E-state index is 12.1. The van der Waals surface area contributed by atoms with E-state index >= 15 is 0 Å². The number of carbonyl (C=O) groups is 1. The molecule has 2 nitrogen and oxygen atoms in total. The average molecular weight is 191 g/mol. The van der Waals surface area contributed by atoms with Gasteiger partial charge in [0, 0.05) is 19.0 Å². The number of allylic oxidation sites excluding steroid dienone is 4. The lowest BCUT2D eigenvalue weighted by Crippen LogP contribution is -2.23. The zero-order valence-corrected chi connectivity index (χ0v) is 6.90.